The number of hydrogen-bond donors (Lipinski definition) is 1. The summed E-state index contributed by atoms with van der Waals surface area (Å²) < 4.78 is 5.31. The van der Waals surface area contributed by atoms with Crippen molar-refractivity contribution in [2.45, 2.75) is 0 Å². The van der Waals surface area contributed by atoms with Gasteiger partial charge in [0, 0.05) is 17.6 Å². The van der Waals surface area contributed by atoms with Gasteiger partial charge in [0.15, 0.2) is 6.61 Å². The highest BCUT2D eigenvalue weighted by atomic mass is 35.5. The number of nitro benzene ring substituents is 1. The molecule has 1 heterocycles. The maximum atomic E-state index is 12.1. The molecule has 0 saturated carbocycles. The molecule has 1 N–H and O–H groups in total. The fourth-order valence-corrected chi connectivity index (χ4v) is 2.48. The number of carbonyl (C=O) groups excluding carboxylic acids is 1. The Morgan fingerprint density at radius 2 is 2.08 bits per heavy atom. The maximum absolute atomic E-state index is 12.1. The number of rotatable bonds is 5. The van der Waals surface area contributed by atoms with Crippen molar-refractivity contribution in [2.75, 3.05) is 11.9 Å². The Labute approximate surface area is 147 Å². The van der Waals surface area contributed by atoms with E-state index in [1.54, 1.807) is 36.5 Å². The number of nitrogens with zero attached hydrogens (tertiary/aromatic N) is 2. The third kappa shape index (κ3) is 3.84. The number of anilines is 1. The second kappa shape index (κ2) is 7.14. The molecule has 0 unspecified atom stereocenters. The lowest BCUT2D eigenvalue weighted by Gasteiger charge is -2.10. The van der Waals surface area contributed by atoms with Crippen molar-refractivity contribution in [3.63, 3.8) is 0 Å². The van der Waals surface area contributed by atoms with Crippen LogP contribution in [0.4, 0.5) is 11.4 Å². The van der Waals surface area contributed by atoms with Crippen LogP contribution in [0.15, 0.2) is 54.7 Å². The summed E-state index contributed by atoms with van der Waals surface area (Å²) in [5.41, 5.74) is 1.04. The molecule has 0 aliphatic heterocycles. The molecule has 126 valence electrons. The molecule has 8 heteroatoms. The number of benzene rings is 2. The van der Waals surface area contributed by atoms with Crippen LogP contribution in [0.5, 0.6) is 5.75 Å². The normalized spacial score (nSPS) is 10.4. The smallest absolute Gasteiger partial charge is 0.273 e. The first-order chi connectivity index (χ1) is 12.0. The van der Waals surface area contributed by atoms with Crippen LogP contribution in [0.2, 0.25) is 5.02 Å². The Kier molecular flexibility index (Phi) is 4.76. The molecule has 0 spiro atoms. The van der Waals surface area contributed by atoms with Crippen molar-refractivity contribution in [1.29, 1.82) is 0 Å². The first kappa shape index (κ1) is 16.7. The van der Waals surface area contributed by atoms with Crippen LogP contribution in [0, 0.1) is 10.1 Å². The van der Waals surface area contributed by atoms with Crippen molar-refractivity contribution >= 4 is 39.8 Å². The molecule has 3 aromatic rings. The topological polar surface area (TPSA) is 94.4 Å². The lowest BCUT2D eigenvalue weighted by Crippen LogP contribution is -2.20. The molecule has 0 aliphatic rings. The van der Waals surface area contributed by atoms with E-state index in [1.165, 1.54) is 18.2 Å². The molecular weight excluding hydrogens is 346 g/mol. The SMILES string of the molecule is O=C(COc1cccc([N+](=O)[O-])c1)Nc1ccc(Cl)c2ncccc12. The van der Waals surface area contributed by atoms with E-state index < -0.39 is 10.8 Å². The van der Waals surface area contributed by atoms with E-state index >= 15 is 0 Å². The number of aromatic nitrogens is 1. The van der Waals surface area contributed by atoms with Crippen molar-refractivity contribution < 1.29 is 14.5 Å². The molecule has 7 nitrogen and oxygen atoms in total. The van der Waals surface area contributed by atoms with Gasteiger partial charge in [0.1, 0.15) is 5.75 Å². The van der Waals surface area contributed by atoms with E-state index in [0.717, 1.165) is 0 Å². The van der Waals surface area contributed by atoms with Crippen LogP contribution in [-0.2, 0) is 4.79 Å². The number of nitro groups is 1. The second-order valence-corrected chi connectivity index (χ2v) is 5.49. The Hall–Kier alpha value is -3.19. The molecule has 1 amide bonds. The van der Waals surface area contributed by atoms with E-state index in [1.807, 2.05) is 0 Å². The first-order valence-corrected chi connectivity index (χ1v) is 7.63. The molecule has 25 heavy (non-hydrogen) atoms. The largest absolute Gasteiger partial charge is 0.484 e. The molecule has 2 aromatic carbocycles. The summed E-state index contributed by atoms with van der Waals surface area (Å²) in [4.78, 5) is 26.5. The standard InChI is InChI=1S/C17H12ClN3O4/c18-14-6-7-15(13-5-2-8-19-17(13)14)20-16(22)10-25-12-4-1-3-11(9-12)21(23)24/h1-9H,10H2,(H,20,22). The van der Waals surface area contributed by atoms with Gasteiger partial charge < -0.3 is 10.1 Å². The van der Waals surface area contributed by atoms with Crippen LogP contribution in [0.25, 0.3) is 10.9 Å². The number of carbonyl (C=O) groups is 1. The monoisotopic (exact) mass is 357 g/mol. The molecule has 0 saturated heterocycles. The summed E-state index contributed by atoms with van der Waals surface area (Å²) in [7, 11) is 0. The molecule has 1 aromatic heterocycles. The van der Waals surface area contributed by atoms with Crippen LogP contribution in [0.1, 0.15) is 0 Å². The third-order valence-corrected chi connectivity index (χ3v) is 3.70. The highest BCUT2D eigenvalue weighted by molar-refractivity contribution is 6.35. The van der Waals surface area contributed by atoms with Gasteiger partial charge in [-0.3, -0.25) is 19.9 Å². The molecule has 0 radical (unpaired) electrons. The Morgan fingerprint density at radius 1 is 1.24 bits per heavy atom. The van der Waals surface area contributed by atoms with Crippen LogP contribution in [-0.4, -0.2) is 22.4 Å². The third-order valence-electron chi connectivity index (χ3n) is 3.39. The van der Waals surface area contributed by atoms with Gasteiger partial charge in [0.2, 0.25) is 0 Å². The minimum atomic E-state index is -0.528. The van der Waals surface area contributed by atoms with Crippen LogP contribution < -0.4 is 10.1 Å². The number of fused-ring (bicyclic) bond motifs is 1. The summed E-state index contributed by atoms with van der Waals surface area (Å²) in [6, 6.07) is 12.5. The summed E-state index contributed by atoms with van der Waals surface area (Å²) >= 11 is 6.09. The summed E-state index contributed by atoms with van der Waals surface area (Å²) in [5.74, 6) is -0.161. The number of amides is 1. The number of halogens is 1. The lowest BCUT2D eigenvalue weighted by molar-refractivity contribution is -0.384. The summed E-state index contributed by atoms with van der Waals surface area (Å²) in [6.45, 7) is -0.286. The second-order valence-electron chi connectivity index (χ2n) is 5.09. The minimum absolute atomic E-state index is 0.104. The van der Waals surface area contributed by atoms with E-state index in [2.05, 4.69) is 10.3 Å². The van der Waals surface area contributed by atoms with Gasteiger partial charge in [-0.2, -0.15) is 0 Å². The molecule has 0 atom stereocenters. The zero-order valence-electron chi connectivity index (χ0n) is 12.8. The van der Waals surface area contributed by atoms with Crippen molar-refractivity contribution in [1.82, 2.24) is 4.98 Å². The average molecular weight is 358 g/mol. The highest BCUT2D eigenvalue weighted by Crippen LogP contribution is 2.28. The van der Waals surface area contributed by atoms with Crippen molar-refractivity contribution in [2.24, 2.45) is 0 Å². The maximum Gasteiger partial charge on any atom is 0.273 e. The zero-order valence-corrected chi connectivity index (χ0v) is 13.6. The fraction of sp³-hybridized carbons (Fsp3) is 0.0588. The van der Waals surface area contributed by atoms with Gasteiger partial charge in [-0.15, -0.1) is 0 Å². The molecule has 0 bridgehead atoms. The summed E-state index contributed by atoms with van der Waals surface area (Å²) in [6.07, 6.45) is 1.62. The molecule has 0 fully saturated rings. The zero-order chi connectivity index (χ0) is 17.8. The molecule has 3 rings (SSSR count). The lowest BCUT2D eigenvalue weighted by atomic mass is 10.2. The number of pyridine rings is 1. The quantitative estimate of drug-likeness (QED) is 0.553. The Bertz CT molecular complexity index is 962. The van der Waals surface area contributed by atoms with Crippen molar-refractivity contribution in [3.05, 3.63) is 69.9 Å². The van der Waals surface area contributed by atoms with Gasteiger partial charge in [-0.05, 0) is 30.3 Å². The van der Waals surface area contributed by atoms with E-state index in [4.69, 9.17) is 16.3 Å². The van der Waals surface area contributed by atoms with Crippen LogP contribution >= 0.6 is 11.6 Å². The number of hydrogen-bond acceptors (Lipinski definition) is 5. The van der Waals surface area contributed by atoms with Gasteiger partial charge in [0.25, 0.3) is 11.6 Å². The van der Waals surface area contributed by atoms with Gasteiger partial charge in [0.05, 0.1) is 27.2 Å². The van der Waals surface area contributed by atoms with Gasteiger partial charge in [-0.25, -0.2) is 0 Å². The average Bonchev–Trinajstić information content (AvgIpc) is 2.63. The number of nitrogens with one attached hydrogen (secondary N) is 1. The number of ether oxygens (including phenoxy) is 1. The Balaban J connectivity index is 1.70. The molecule has 0 aliphatic carbocycles. The Morgan fingerprint density at radius 3 is 2.88 bits per heavy atom. The van der Waals surface area contributed by atoms with Gasteiger partial charge in [-0.1, -0.05) is 17.7 Å². The highest BCUT2D eigenvalue weighted by Gasteiger charge is 2.11. The van der Waals surface area contributed by atoms with Crippen molar-refractivity contribution in [3.8, 4) is 5.75 Å². The summed E-state index contributed by atoms with van der Waals surface area (Å²) in [5, 5.41) is 14.7. The number of non-ortho nitro benzene ring substituents is 1. The predicted molar refractivity (Wildman–Crippen MR) is 94.0 cm³/mol. The minimum Gasteiger partial charge on any atom is -0.484 e. The fourth-order valence-electron chi connectivity index (χ4n) is 2.27. The molecular formula is C17H12ClN3O4. The van der Waals surface area contributed by atoms with E-state index in [9.17, 15) is 14.9 Å². The van der Waals surface area contributed by atoms with Crippen LogP contribution in [0.3, 0.4) is 0 Å². The first-order valence-electron chi connectivity index (χ1n) is 7.25. The predicted octanol–water partition coefficient (Wildman–Crippen LogP) is 3.81. The van der Waals surface area contributed by atoms with E-state index in [-0.39, 0.29) is 18.0 Å². The van der Waals surface area contributed by atoms with Gasteiger partial charge >= 0.3 is 0 Å². The van der Waals surface area contributed by atoms with E-state index in [0.29, 0.717) is 21.6 Å².